The molecular formula is C17H22N2O2. The predicted molar refractivity (Wildman–Crippen MR) is 85.0 cm³/mol. The van der Waals surface area contributed by atoms with Crippen molar-refractivity contribution >= 4 is 5.82 Å². The first-order chi connectivity index (χ1) is 10.3. The second-order valence-corrected chi connectivity index (χ2v) is 4.69. The number of nitrogens with zero attached hydrogens (tertiary/aromatic N) is 1. The summed E-state index contributed by atoms with van der Waals surface area (Å²) in [6.07, 6.45) is 2.84. The Labute approximate surface area is 126 Å². The highest BCUT2D eigenvalue weighted by molar-refractivity contribution is 5.35. The van der Waals surface area contributed by atoms with E-state index in [0.717, 1.165) is 42.5 Å². The van der Waals surface area contributed by atoms with Gasteiger partial charge in [0.1, 0.15) is 23.9 Å². The van der Waals surface area contributed by atoms with Gasteiger partial charge in [-0.2, -0.15) is 0 Å². The summed E-state index contributed by atoms with van der Waals surface area (Å²) < 4.78 is 11.3. The second kappa shape index (κ2) is 8.15. The smallest absolute Gasteiger partial charge is 0.125 e. The lowest BCUT2D eigenvalue weighted by Gasteiger charge is -2.09. The summed E-state index contributed by atoms with van der Waals surface area (Å²) in [6, 6.07) is 11.7. The van der Waals surface area contributed by atoms with Gasteiger partial charge in [-0.3, -0.25) is 0 Å². The minimum Gasteiger partial charge on any atom is -0.494 e. The molecule has 0 aliphatic rings. The Kier molecular flexibility index (Phi) is 5.88. The summed E-state index contributed by atoms with van der Waals surface area (Å²) in [5.74, 6) is 2.59. The van der Waals surface area contributed by atoms with E-state index in [9.17, 15) is 0 Å². The highest BCUT2D eigenvalue weighted by atomic mass is 16.5. The highest BCUT2D eigenvalue weighted by Gasteiger charge is 1.99. The maximum absolute atomic E-state index is 5.74. The monoisotopic (exact) mass is 286 g/mol. The summed E-state index contributed by atoms with van der Waals surface area (Å²) in [5.41, 5.74) is 1.04. The topological polar surface area (TPSA) is 43.4 Å². The summed E-state index contributed by atoms with van der Waals surface area (Å²) in [7, 11) is 0. The van der Waals surface area contributed by atoms with Crippen LogP contribution in [0.25, 0.3) is 0 Å². The van der Waals surface area contributed by atoms with E-state index < -0.39 is 0 Å². The lowest BCUT2D eigenvalue weighted by atomic mass is 10.3. The molecule has 0 aliphatic carbocycles. The molecule has 0 aliphatic heterocycles. The SMILES string of the molecule is CCCOc1ccc(OCc2ccc(NCC)nc2)cc1. The molecule has 4 nitrogen and oxygen atoms in total. The molecule has 0 saturated heterocycles. The normalized spacial score (nSPS) is 10.2. The van der Waals surface area contributed by atoms with Crippen LogP contribution in [0.5, 0.6) is 11.5 Å². The molecule has 1 aromatic heterocycles. The van der Waals surface area contributed by atoms with Crippen LogP contribution < -0.4 is 14.8 Å². The molecule has 4 heteroatoms. The Bertz CT molecular complexity index is 523. The zero-order valence-electron chi connectivity index (χ0n) is 12.6. The van der Waals surface area contributed by atoms with Crippen molar-refractivity contribution in [1.82, 2.24) is 4.98 Å². The fourth-order valence-electron chi connectivity index (χ4n) is 1.81. The number of nitrogens with one attached hydrogen (secondary N) is 1. The molecule has 0 atom stereocenters. The molecule has 21 heavy (non-hydrogen) atoms. The van der Waals surface area contributed by atoms with E-state index in [2.05, 4.69) is 17.2 Å². The third-order valence-corrected chi connectivity index (χ3v) is 2.88. The van der Waals surface area contributed by atoms with E-state index in [1.165, 1.54) is 0 Å². The van der Waals surface area contributed by atoms with Crippen molar-refractivity contribution in [2.45, 2.75) is 26.9 Å². The van der Waals surface area contributed by atoms with Gasteiger partial charge >= 0.3 is 0 Å². The molecule has 0 saturated carbocycles. The Morgan fingerprint density at radius 3 is 2.24 bits per heavy atom. The Hall–Kier alpha value is -2.23. The number of hydrogen-bond donors (Lipinski definition) is 1. The van der Waals surface area contributed by atoms with Gasteiger partial charge in [0.15, 0.2) is 0 Å². The van der Waals surface area contributed by atoms with Gasteiger partial charge in [-0.25, -0.2) is 4.98 Å². The number of aromatic nitrogens is 1. The third-order valence-electron chi connectivity index (χ3n) is 2.88. The Balaban J connectivity index is 1.84. The van der Waals surface area contributed by atoms with Crippen LogP contribution in [0.2, 0.25) is 0 Å². The lowest BCUT2D eigenvalue weighted by molar-refractivity contribution is 0.301. The van der Waals surface area contributed by atoms with Gasteiger partial charge in [-0.15, -0.1) is 0 Å². The third kappa shape index (κ3) is 4.99. The number of rotatable bonds is 8. The van der Waals surface area contributed by atoms with Crippen LogP contribution in [0.15, 0.2) is 42.6 Å². The van der Waals surface area contributed by atoms with Crippen molar-refractivity contribution in [1.29, 1.82) is 0 Å². The summed E-state index contributed by atoms with van der Waals surface area (Å²) >= 11 is 0. The zero-order chi connectivity index (χ0) is 14.9. The average molecular weight is 286 g/mol. The highest BCUT2D eigenvalue weighted by Crippen LogP contribution is 2.19. The Morgan fingerprint density at radius 1 is 0.952 bits per heavy atom. The van der Waals surface area contributed by atoms with E-state index in [1.54, 1.807) is 0 Å². The molecule has 0 unspecified atom stereocenters. The van der Waals surface area contributed by atoms with Crippen LogP contribution in [-0.4, -0.2) is 18.1 Å². The van der Waals surface area contributed by atoms with E-state index in [0.29, 0.717) is 6.61 Å². The largest absolute Gasteiger partial charge is 0.494 e. The van der Waals surface area contributed by atoms with Gasteiger partial charge < -0.3 is 14.8 Å². The minimum atomic E-state index is 0.509. The fourth-order valence-corrected chi connectivity index (χ4v) is 1.81. The average Bonchev–Trinajstić information content (AvgIpc) is 2.53. The van der Waals surface area contributed by atoms with Crippen LogP contribution in [0.3, 0.4) is 0 Å². The van der Waals surface area contributed by atoms with Gasteiger partial charge in [0.05, 0.1) is 6.61 Å². The maximum atomic E-state index is 5.74. The van der Waals surface area contributed by atoms with Gasteiger partial charge in [-0.1, -0.05) is 13.0 Å². The van der Waals surface area contributed by atoms with Gasteiger partial charge in [-0.05, 0) is 43.7 Å². The molecule has 0 bridgehead atoms. The van der Waals surface area contributed by atoms with Crippen LogP contribution in [0.1, 0.15) is 25.8 Å². The molecule has 0 amide bonds. The van der Waals surface area contributed by atoms with Crippen LogP contribution in [0.4, 0.5) is 5.82 Å². The van der Waals surface area contributed by atoms with Crippen molar-refractivity contribution in [3.63, 3.8) is 0 Å². The van der Waals surface area contributed by atoms with Crippen LogP contribution >= 0.6 is 0 Å². The first kappa shape index (κ1) is 15.2. The van der Waals surface area contributed by atoms with Crippen molar-refractivity contribution in [3.05, 3.63) is 48.2 Å². The van der Waals surface area contributed by atoms with Crippen LogP contribution in [-0.2, 0) is 6.61 Å². The van der Waals surface area contributed by atoms with E-state index in [4.69, 9.17) is 9.47 Å². The first-order valence-corrected chi connectivity index (χ1v) is 7.36. The predicted octanol–water partition coefficient (Wildman–Crippen LogP) is 3.88. The molecular weight excluding hydrogens is 264 g/mol. The number of benzene rings is 1. The number of pyridine rings is 1. The molecule has 0 radical (unpaired) electrons. The molecule has 0 fully saturated rings. The molecule has 1 heterocycles. The number of ether oxygens (including phenoxy) is 2. The van der Waals surface area contributed by atoms with Crippen molar-refractivity contribution in [3.8, 4) is 11.5 Å². The van der Waals surface area contributed by atoms with Crippen molar-refractivity contribution < 1.29 is 9.47 Å². The quantitative estimate of drug-likeness (QED) is 0.799. The molecule has 1 N–H and O–H groups in total. The lowest BCUT2D eigenvalue weighted by Crippen LogP contribution is -2.01. The van der Waals surface area contributed by atoms with E-state index in [1.807, 2.05) is 49.5 Å². The zero-order valence-corrected chi connectivity index (χ0v) is 12.6. The summed E-state index contributed by atoms with van der Waals surface area (Å²) in [5, 5.41) is 3.17. The fraction of sp³-hybridized carbons (Fsp3) is 0.353. The van der Waals surface area contributed by atoms with E-state index in [-0.39, 0.29) is 0 Å². The van der Waals surface area contributed by atoms with Crippen molar-refractivity contribution in [2.24, 2.45) is 0 Å². The standard InChI is InChI=1S/C17H22N2O2/c1-3-11-20-15-6-8-16(9-7-15)21-13-14-5-10-17(18-4-2)19-12-14/h5-10,12H,3-4,11,13H2,1-2H3,(H,18,19). The molecule has 112 valence electrons. The molecule has 0 spiro atoms. The summed E-state index contributed by atoms with van der Waals surface area (Å²) in [6.45, 7) is 6.26. The second-order valence-electron chi connectivity index (χ2n) is 4.69. The van der Waals surface area contributed by atoms with Gasteiger partial charge in [0.25, 0.3) is 0 Å². The van der Waals surface area contributed by atoms with Crippen molar-refractivity contribution in [2.75, 3.05) is 18.5 Å². The van der Waals surface area contributed by atoms with Gasteiger partial charge in [0, 0.05) is 18.3 Å². The molecule has 2 aromatic rings. The molecule has 1 aromatic carbocycles. The summed E-state index contributed by atoms with van der Waals surface area (Å²) in [4.78, 5) is 4.32. The maximum Gasteiger partial charge on any atom is 0.125 e. The number of anilines is 1. The minimum absolute atomic E-state index is 0.509. The van der Waals surface area contributed by atoms with Gasteiger partial charge in [0.2, 0.25) is 0 Å². The molecule has 2 rings (SSSR count). The number of hydrogen-bond acceptors (Lipinski definition) is 4. The first-order valence-electron chi connectivity index (χ1n) is 7.36. The Morgan fingerprint density at radius 2 is 1.67 bits per heavy atom. The van der Waals surface area contributed by atoms with Crippen LogP contribution in [0, 0.1) is 0 Å². The van der Waals surface area contributed by atoms with E-state index >= 15 is 0 Å².